The molecule has 4 rings (SSSR count). The molecule has 22 heavy (non-hydrogen) atoms. The number of hydrogen-bond donors (Lipinski definition) is 0. The number of para-hydroxylation sites is 2. The average Bonchev–Trinajstić information content (AvgIpc) is 2.99. The van der Waals surface area contributed by atoms with Crippen molar-refractivity contribution in [2.75, 3.05) is 11.9 Å². The summed E-state index contributed by atoms with van der Waals surface area (Å²) in [4.78, 5) is 3.36. The summed E-state index contributed by atoms with van der Waals surface area (Å²) in [5.74, 6) is 1.80. The molecule has 0 bridgehead atoms. The molecule has 0 radical (unpaired) electrons. The molecule has 0 unspecified atom stereocenters. The first-order chi connectivity index (χ1) is 10.6. The minimum atomic E-state index is 0.882. The fraction of sp³-hybridized carbons (Fsp3) is 0.158. The predicted molar refractivity (Wildman–Crippen MR) is 94.7 cm³/mol. The van der Waals surface area contributed by atoms with Crippen molar-refractivity contribution in [3.63, 3.8) is 0 Å². The summed E-state index contributed by atoms with van der Waals surface area (Å²) in [7, 11) is 2.05. The van der Waals surface area contributed by atoms with Crippen LogP contribution in [0.25, 0.3) is 16.2 Å². The van der Waals surface area contributed by atoms with Crippen LogP contribution in [0.4, 0.5) is 5.69 Å². The largest absolute Gasteiger partial charge is 0.439 e. The van der Waals surface area contributed by atoms with Crippen LogP contribution in [0.15, 0.2) is 48.3 Å². The molecule has 0 aliphatic carbocycles. The van der Waals surface area contributed by atoms with Crippen molar-refractivity contribution in [1.29, 1.82) is 0 Å². The SMILES string of the molecule is Cc1ccc2sc(C=C3Oc4ccccc4N3C)c(C)c2c1. The van der Waals surface area contributed by atoms with Crippen LogP contribution in [0.2, 0.25) is 0 Å². The summed E-state index contributed by atoms with van der Waals surface area (Å²) in [6, 6.07) is 14.8. The van der Waals surface area contributed by atoms with E-state index in [9.17, 15) is 0 Å². The zero-order valence-corrected chi connectivity index (χ0v) is 13.7. The van der Waals surface area contributed by atoms with Gasteiger partial charge in [-0.15, -0.1) is 11.3 Å². The number of anilines is 1. The van der Waals surface area contributed by atoms with Crippen molar-refractivity contribution in [2.24, 2.45) is 0 Å². The van der Waals surface area contributed by atoms with E-state index in [1.807, 2.05) is 36.6 Å². The topological polar surface area (TPSA) is 12.5 Å². The molecule has 1 aliphatic rings. The van der Waals surface area contributed by atoms with Crippen molar-refractivity contribution < 1.29 is 4.74 Å². The van der Waals surface area contributed by atoms with Crippen LogP contribution >= 0.6 is 11.3 Å². The molecule has 1 aliphatic heterocycles. The zero-order valence-electron chi connectivity index (χ0n) is 12.9. The first kappa shape index (κ1) is 13.4. The van der Waals surface area contributed by atoms with Crippen molar-refractivity contribution in [3.8, 4) is 5.75 Å². The van der Waals surface area contributed by atoms with E-state index in [1.54, 1.807) is 0 Å². The third-order valence-electron chi connectivity index (χ3n) is 4.15. The van der Waals surface area contributed by atoms with E-state index in [2.05, 4.69) is 49.1 Å². The number of benzene rings is 2. The van der Waals surface area contributed by atoms with Gasteiger partial charge in [0, 0.05) is 22.7 Å². The molecular formula is C19H17NOS. The number of hydrogen-bond acceptors (Lipinski definition) is 3. The van der Waals surface area contributed by atoms with Gasteiger partial charge in [-0.3, -0.25) is 0 Å². The highest BCUT2D eigenvalue weighted by atomic mass is 32.1. The summed E-state index contributed by atoms with van der Waals surface area (Å²) in [5, 5.41) is 1.34. The molecule has 0 saturated heterocycles. The highest BCUT2D eigenvalue weighted by Crippen LogP contribution is 2.40. The van der Waals surface area contributed by atoms with Gasteiger partial charge in [0.15, 0.2) is 5.75 Å². The van der Waals surface area contributed by atoms with Crippen LogP contribution in [0, 0.1) is 13.8 Å². The zero-order chi connectivity index (χ0) is 15.3. The smallest absolute Gasteiger partial charge is 0.201 e. The number of nitrogens with zero attached hydrogens (tertiary/aromatic N) is 1. The lowest BCUT2D eigenvalue weighted by atomic mass is 10.1. The Morgan fingerprint density at radius 3 is 2.73 bits per heavy atom. The van der Waals surface area contributed by atoms with E-state index < -0.39 is 0 Å². The van der Waals surface area contributed by atoms with E-state index in [4.69, 9.17) is 4.74 Å². The molecule has 1 aromatic heterocycles. The quantitative estimate of drug-likeness (QED) is 0.601. The Morgan fingerprint density at radius 1 is 1.09 bits per heavy atom. The number of thiophene rings is 1. The minimum absolute atomic E-state index is 0.882. The molecule has 0 atom stereocenters. The number of aryl methyl sites for hydroxylation is 2. The standard InChI is InChI=1S/C19H17NOS/c1-12-8-9-17-14(10-12)13(2)18(22-17)11-19-20(3)15-6-4-5-7-16(15)21-19/h4-11H,1-3H3. The molecule has 2 nitrogen and oxygen atoms in total. The molecule has 0 saturated carbocycles. The van der Waals surface area contributed by atoms with E-state index >= 15 is 0 Å². The number of ether oxygens (including phenoxy) is 1. The van der Waals surface area contributed by atoms with Gasteiger partial charge in [-0.05, 0) is 43.0 Å². The Bertz CT molecular complexity index is 907. The average molecular weight is 307 g/mol. The van der Waals surface area contributed by atoms with Gasteiger partial charge in [0.05, 0.1) is 5.69 Å². The van der Waals surface area contributed by atoms with Crippen molar-refractivity contribution in [2.45, 2.75) is 13.8 Å². The number of rotatable bonds is 1. The highest BCUT2D eigenvalue weighted by Gasteiger charge is 2.22. The second kappa shape index (κ2) is 4.89. The van der Waals surface area contributed by atoms with Gasteiger partial charge in [0.1, 0.15) is 0 Å². The van der Waals surface area contributed by atoms with Crippen LogP contribution in [-0.2, 0) is 0 Å². The summed E-state index contributed by atoms with van der Waals surface area (Å²) in [5.41, 5.74) is 3.74. The summed E-state index contributed by atoms with van der Waals surface area (Å²) >= 11 is 1.82. The Morgan fingerprint density at radius 2 is 1.91 bits per heavy atom. The van der Waals surface area contributed by atoms with Crippen LogP contribution in [-0.4, -0.2) is 7.05 Å². The molecular weight excluding hydrogens is 290 g/mol. The van der Waals surface area contributed by atoms with Crippen molar-refractivity contribution in [1.82, 2.24) is 0 Å². The molecule has 110 valence electrons. The maximum absolute atomic E-state index is 5.99. The van der Waals surface area contributed by atoms with Gasteiger partial charge in [0.2, 0.25) is 5.88 Å². The lowest BCUT2D eigenvalue weighted by molar-refractivity contribution is 0.449. The fourth-order valence-corrected chi connectivity index (χ4v) is 3.97. The third kappa shape index (κ3) is 2.01. The van der Waals surface area contributed by atoms with Crippen LogP contribution in [0.3, 0.4) is 0 Å². The van der Waals surface area contributed by atoms with Crippen molar-refractivity contribution in [3.05, 3.63) is 64.4 Å². The monoisotopic (exact) mass is 307 g/mol. The molecule has 3 aromatic rings. The third-order valence-corrected chi connectivity index (χ3v) is 5.37. The van der Waals surface area contributed by atoms with Gasteiger partial charge in [0.25, 0.3) is 0 Å². The number of fused-ring (bicyclic) bond motifs is 2. The van der Waals surface area contributed by atoms with Gasteiger partial charge in [-0.2, -0.15) is 0 Å². The van der Waals surface area contributed by atoms with E-state index in [0.717, 1.165) is 17.3 Å². The maximum atomic E-state index is 5.99. The molecule has 3 heteroatoms. The molecule has 2 heterocycles. The van der Waals surface area contributed by atoms with Crippen LogP contribution < -0.4 is 9.64 Å². The molecule has 0 amide bonds. The van der Waals surface area contributed by atoms with Crippen LogP contribution in [0.1, 0.15) is 16.0 Å². The first-order valence-electron chi connectivity index (χ1n) is 7.35. The van der Waals surface area contributed by atoms with Gasteiger partial charge in [-0.25, -0.2) is 0 Å². The van der Waals surface area contributed by atoms with E-state index in [1.165, 1.54) is 26.1 Å². The van der Waals surface area contributed by atoms with Gasteiger partial charge < -0.3 is 9.64 Å². The Balaban J connectivity index is 1.80. The maximum Gasteiger partial charge on any atom is 0.201 e. The van der Waals surface area contributed by atoms with Crippen LogP contribution in [0.5, 0.6) is 5.75 Å². The Kier molecular flexibility index (Phi) is 2.98. The lowest BCUT2D eigenvalue weighted by Gasteiger charge is -2.10. The second-order valence-corrected chi connectivity index (χ2v) is 6.79. The Labute approximate surface area is 134 Å². The van der Waals surface area contributed by atoms with Gasteiger partial charge >= 0.3 is 0 Å². The normalized spacial score (nSPS) is 15.4. The first-order valence-corrected chi connectivity index (χ1v) is 8.17. The minimum Gasteiger partial charge on any atom is -0.439 e. The molecule has 0 N–H and O–H groups in total. The lowest BCUT2D eigenvalue weighted by Crippen LogP contribution is -2.12. The highest BCUT2D eigenvalue weighted by molar-refractivity contribution is 7.20. The predicted octanol–water partition coefficient (Wildman–Crippen LogP) is 5.35. The second-order valence-electron chi connectivity index (χ2n) is 5.70. The Hall–Kier alpha value is -2.26. The molecule has 0 spiro atoms. The molecule has 2 aromatic carbocycles. The van der Waals surface area contributed by atoms with E-state index in [-0.39, 0.29) is 0 Å². The fourth-order valence-electron chi connectivity index (χ4n) is 2.85. The van der Waals surface area contributed by atoms with Crippen molar-refractivity contribution >= 4 is 33.2 Å². The summed E-state index contributed by atoms with van der Waals surface area (Å²) in [6.07, 6.45) is 2.15. The summed E-state index contributed by atoms with van der Waals surface area (Å²) < 4.78 is 7.32. The molecule has 0 fully saturated rings. The van der Waals surface area contributed by atoms with E-state index in [0.29, 0.717) is 0 Å². The van der Waals surface area contributed by atoms with Gasteiger partial charge in [-0.1, -0.05) is 29.8 Å². The summed E-state index contributed by atoms with van der Waals surface area (Å²) in [6.45, 7) is 4.33.